The summed E-state index contributed by atoms with van der Waals surface area (Å²) in [5.74, 6) is 3.94. The molecular formula is C17H30N4. The molecule has 0 bridgehead atoms. The van der Waals surface area contributed by atoms with Gasteiger partial charge in [-0.1, -0.05) is 27.7 Å². The number of rotatable bonds is 7. The van der Waals surface area contributed by atoms with Gasteiger partial charge in [-0.3, -0.25) is 0 Å². The monoisotopic (exact) mass is 290 g/mol. The maximum atomic E-state index is 4.74. The molecule has 1 fully saturated rings. The number of anilines is 2. The molecule has 1 aliphatic rings. The van der Waals surface area contributed by atoms with E-state index in [-0.39, 0.29) is 0 Å². The summed E-state index contributed by atoms with van der Waals surface area (Å²) in [7, 11) is 0. The highest BCUT2D eigenvalue weighted by Crippen LogP contribution is 2.51. The Balaban J connectivity index is 2.21. The topological polar surface area (TPSA) is 49.8 Å². The molecule has 0 aliphatic heterocycles. The highest BCUT2D eigenvalue weighted by atomic mass is 15.1. The molecule has 2 N–H and O–H groups in total. The highest BCUT2D eigenvalue weighted by molar-refractivity contribution is 5.57. The number of aromatic nitrogens is 2. The fourth-order valence-electron chi connectivity index (χ4n) is 2.68. The molecule has 1 aromatic rings. The summed E-state index contributed by atoms with van der Waals surface area (Å²) in [6.45, 7) is 15.0. The molecule has 1 heterocycles. The first-order chi connectivity index (χ1) is 9.89. The van der Waals surface area contributed by atoms with Crippen molar-refractivity contribution < 1.29 is 0 Å². The van der Waals surface area contributed by atoms with Crippen LogP contribution in [-0.2, 0) is 0 Å². The van der Waals surface area contributed by atoms with Crippen LogP contribution < -0.4 is 10.6 Å². The van der Waals surface area contributed by atoms with Gasteiger partial charge in [0.25, 0.3) is 0 Å². The summed E-state index contributed by atoms with van der Waals surface area (Å²) in [4.78, 5) is 9.40. The summed E-state index contributed by atoms with van der Waals surface area (Å²) in [5.41, 5.74) is 1.61. The van der Waals surface area contributed by atoms with Crippen LogP contribution in [0.4, 0.5) is 11.6 Å². The molecule has 2 rings (SSSR count). The molecule has 21 heavy (non-hydrogen) atoms. The maximum absolute atomic E-state index is 4.74. The van der Waals surface area contributed by atoms with E-state index in [4.69, 9.17) is 4.98 Å². The van der Waals surface area contributed by atoms with E-state index in [1.807, 2.05) is 0 Å². The van der Waals surface area contributed by atoms with Crippen molar-refractivity contribution in [3.05, 3.63) is 11.4 Å². The predicted octanol–water partition coefficient (Wildman–Crippen LogP) is 4.19. The van der Waals surface area contributed by atoms with Crippen LogP contribution in [-0.4, -0.2) is 23.1 Å². The SMILES string of the molecule is CCNc1nc(C(C)C)nc(NCC2(C(C)C)CC2)c1C. The van der Waals surface area contributed by atoms with Gasteiger partial charge < -0.3 is 10.6 Å². The molecule has 0 amide bonds. The van der Waals surface area contributed by atoms with Crippen LogP contribution in [0.25, 0.3) is 0 Å². The average Bonchev–Trinajstić information content (AvgIpc) is 3.21. The zero-order valence-electron chi connectivity index (χ0n) is 14.4. The lowest BCUT2D eigenvalue weighted by Gasteiger charge is -2.22. The van der Waals surface area contributed by atoms with Gasteiger partial charge in [-0.25, -0.2) is 9.97 Å². The summed E-state index contributed by atoms with van der Waals surface area (Å²) in [5, 5.41) is 6.96. The standard InChI is InChI=1S/C17H30N4/c1-7-18-15-13(6)16(21-14(20-15)11(2)3)19-10-17(8-9-17)12(4)5/h11-12H,7-10H2,1-6H3,(H2,18,19,20,21). The van der Waals surface area contributed by atoms with Crippen LogP contribution in [0.2, 0.25) is 0 Å². The van der Waals surface area contributed by atoms with E-state index in [2.05, 4.69) is 57.2 Å². The normalized spacial score (nSPS) is 16.4. The van der Waals surface area contributed by atoms with Gasteiger partial charge in [0.15, 0.2) is 0 Å². The molecule has 4 nitrogen and oxygen atoms in total. The molecule has 1 saturated carbocycles. The van der Waals surface area contributed by atoms with E-state index in [0.29, 0.717) is 11.3 Å². The van der Waals surface area contributed by atoms with Crippen molar-refractivity contribution >= 4 is 11.6 Å². The highest BCUT2D eigenvalue weighted by Gasteiger charge is 2.45. The number of hydrogen-bond donors (Lipinski definition) is 2. The lowest BCUT2D eigenvalue weighted by molar-refractivity contribution is 0.379. The second kappa shape index (κ2) is 6.20. The zero-order valence-corrected chi connectivity index (χ0v) is 14.4. The summed E-state index contributed by atoms with van der Waals surface area (Å²) < 4.78 is 0. The Bertz CT molecular complexity index is 490. The third-order valence-electron chi connectivity index (χ3n) is 4.75. The molecule has 4 heteroatoms. The smallest absolute Gasteiger partial charge is 0.135 e. The van der Waals surface area contributed by atoms with E-state index in [1.54, 1.807) is 0 Å². The van der Waals surface area contributed by atoms with Gasteiger partial charge >= 0.3 is 0 Å². The third-order valence-corrected chi connectivity index (χ3v) is 4.75. The van der Waals surface area contributed by atoms with E-state index >= 15 is 0 Å². The lowest BCUT2D eigenvalue weighted by atomic mass is 9.92. The minimum absolute atomic E-state index is 0.337. The van der Waals surface area contributed by atoms with Crippen LogP contribution in [0, 0.1) is 18.3 Å². The number of hydrogen-bond acceptors (Lipinski definition) is 4. The zero-order chi connectivity index (χ0) is 15.6. The van der Waals surface area contributed by atoms with Crippen molar-refractivity contribution in [2.75, 3.05) is 23.7 Å². The first-order valence-electron chi connectivity index (χ1n) is 8.26. The molecule has 0 radical (unpaired) electrons. The largest absolute Gasteiger partial charge is 0.370 e. The Hall–Kier alpha value is -1.32. The van der Waals surface area contributed by atoms with Crippen LogP contribution in [0.15, 0.2) is 0 Å². The molecule has 1 aliphatic carbocycles. The van der Waals surface area contributed by atoms with Crippen molar-refractivity contribution in [2.45, 2.75) is 60.3 Å². The van der Waals surface area contributed by atoms with Crippen LogP contribution in [0.5, 0.6) is 0 Å². The summed E-state index contributed by atoms with van der Waals surface area (Å²) >= 11 is 0. The molecule has 0 spiro atoms. The molecule has 1 aromatic heterocycles. The van der Waals surface area contributed by atoms with E-state index < -0.39 is 0 Å². The molecule has 118 valence electrons. The number of nitrogens with one attached hydrogen (secondary N) is 2. The Morgan fingerprint density at radius 2 is 1.62 bits per heavy atom. The molecule has 0 saturated heterocycles. The average molecular weight is 290 g/mol. The van der Waals surface area contributed by atoms with Gasteiger partial charge in [0.05, 0.1) is 0 Å². The molecule has 0 aromatic carbocycles. The minimum atomic E-state index is 0.337. The lowest BCUT2D eigenvalue weighted by Crippen LogP contribution is -2.22. The van der Waals surface area contributed by atoms with E-state index in [0.717, 1.165) is 42.0 Å². The van der Waals surface area contributed by atoms with Crippen molar-refractivity contribution in [3.8, 4) is 0 Å². The quantitative estimate of drug-likeness (QED) is 0.790. The van der Waals surface area contributed by atoms with Crippen molar-refractivity contribution in [2.24, 2.45) is 11.3 Å². The Morgan fingerprint density at radius 3 is 2.05 bits per heavy atom. The first-order valence-corrected chi connectivity index (χ1v) is 8.26. The summed E-state index contributed by atoms with van der Waals surface area (Å²) in [6, 6.07) is 0. The first kappa shape index (κ1) is 16.1. The fourth-order valence-corrected chi connectivity index (χ4v) is 2.68. The van der Waals surface area contributed by atoms with Gasteiger partial charge in [0, 0.05) is 24.6 Å². The summed E-state index contributed by atoms with van der Waals surface area (Å²) in [6.07, 6.45) is 2.66. The van der Waals surface area contributed by atoms with Crippen LogP contribution >= 0.6 is 0 Å². The van der Waals surface area contributed by atoms with Gasteiger partial charge in [-0.15, -0.1) is 0 Å². The van der Waals surface area contributed by atoms with Gasteiger partial charge in [-0.2, -0.15) is 0 Å². The van der Waals surface area contributed by atoms with Crippen LogP contribution in [0.1, 0.15) is 64.8 Å². The van der Waals surface area contributed by atoms with E-state index in [1.165, 1.54) is 12.8 Å². The number of nitrogens with zero attached hydrogens (tertiary/aromatic N) is 2. The minimum Gasteiger partial charge on any atom is -0.370 e. The maximum Gasteiger partial charge on any atom is 0.135 e. The third kappa shape index (κ3) is 3.47. The Labute approximate surface area is 129 Å². The molecular weight excluding hydrogens is 260 g/mol. The fraction of sp³-hybridized carbons (Fsp3) is 0.765. The van der Waals surface area contributed by atoms with E-state index in [9.17, 15) is 0 Å². The van der Waals surface area contributed by atoms with Crippen molar-refractivity contribution in [1.82, 2.24) is 9.97 Å². The molecule has 0 unspecified atom stereocenters. The van der Waals surface area contributed by atoms with Gasteiger partial charge in [-0.05, 0) is 38.0 Å². The van der Waals surface area contributed by atoms with Crippen molar-refractivity contribution in [3.63, 3.8) is 0 Å². The predicted molar refractivity (Wildman–Crippen MR) is 90.0 cm³/mol. The second-order valence-corrected chi connectivity index (χ2v) is 6.96. The second-order valence-electron chi connectivity index (χ2n) is 6.96. The van der Waals surface area contributed by atoms with Gasteiger partial charge in [0.2, 0.25) is 0 Å². The Kier molecular flexibility index (Phi) is 4.74. The Morgan fingerprint density at radius 1 is 1.05 bits per heavy atom. The van der Waals surface area contributed by atoms with Gasteiger partial charge in [0.1, 0.15) is 17.5 Å². The molecule has 0 atom stereocenters. The van der Waals surface area contributed by atoms with Crippen molar-refractivity contribution in [1.29, 1.82) is 0 Å². The van der Waals surface area contributed by atoms with Crippen LogP contribution in [0.3, 0.4) is 0 Å².